The lowest BCUT2D eigenvalue weighted by Crippen LogP contribution is -2.29. The van der Waals surface area contributed by atoms with Gasteiger partial charge in [0, 0.05) is 22.7 Å². The van der Waals surface area contributed by atoms with E-state index in [1.165, 1.54) is 0 Å². The Hall–Kier alpha value is -4.14. The number of carbonyl (C=O) groups is 1. The molecule has 4 aromatic rings. The highest BCUT2D eigenvalue weighted by Gasteiger charge is 2.38. The third-order valence-corrected chi connectivity index (χ3v) is 5.29. The quantitative estimate of drug-likeness (QED) is 0.481. The molecule has 2 N–H and O–H groups in total. The van der Waals surface area contributed by atoms with Crippen LogP contribution in [0.1, 0.15) is 24.1 Å². The maximum absolute atomic E-state index is 13.2. The van der Waals surface area contributed by atoms with Gasteiger partial charge in [0.05, 0.1) is 25.0 Å². The first-order valence-electron chi connectivity index (χ1n) is 9.88. The minimum atomic E-state index is -0.596. The molecular formula is C22H20N6O3. The van der Waals surface area contributed by atoms with Crippen LogP contribution in [-0.2, 0) is 9.53 Å². The van der Waals surface area contributed by atoms with Crippen molar-refractivity contribution >= 4 is 28.5 Å². The lowest BCUT2D eigenvalue weighted by Gasteiger charge is -2.28. The number of aromatic nitrogens is 5. The number of aromatic amines is 1. The van der Waals surface area contributed by atoms with Gasteiger partial charge in [-0.15, -0.1) is 0 Å². The fourth-order valence-corrected chi connectivity index (χ4v) is 3.90. The average molecular weight is 416 g/mol. The second-order valence-electron chi connectivity index (χ2n) is 7.01. The van der Waals surface area contributed by atoms with Crippen molar-refractivity contribution in [1.82, 2.24) is 25.2 Å². The van der Waals surface area contributed by atoms with E-state index in [4.69, 9.17) is 9.47 Å². The molecule has 0 fully saturated rings. The number of hydrogen-bond acceptors (Lipinski definition) is 7. The lowest BCUT2D eigenvalue weighted by molar-refractivity contribution is -0.138. The molecule has 9 heteroatoms. The largest absolute Gasteiger partial charge is 0.497 e. The number of carbonyl (C=O) groups excluding carboxylic acids is 1. The van der Waals surface area contributed by atoms with Crippen molar-refractivity contribution < 1.29 is 14.3 Å². The first-order valence-corrected chi connectivity index (χ1v) is 9.88. The van der Waals surface area contributed by atoms with Gasteiger partial charge in [0.2, 0.25) is 5.95 Å². The van der Waals surface area contributed by atoms with Crippen LogP contribution in [0.2, 0.25) is 0 Å². The molecule has 0 saturated heterocycles. The summed E-state index contributed by atoms with van der Waals surface area (Å²) < 4.78 is 12.5. The van der Waals surface area contributed by atoms with Gasteiger partial charge in [-0.05, 0) is 41.1 Å². The van der Waals surface area contributed by atoms with Crippen molar-refractivity contribution in [3.8, 4) is 5.75 Å². The van der Waals surface area contributed by atoms with Crippen molar-refractivity contribution in [2.45, 2.75) is 13.0 Å². The maximum atomic E-state index is 13.2. The van der Waals surface area contributed by atoms with Gasteiger partial charge in [0.1, 0.15) is 11.8 Å². The first kappa shape index (κ1) is 18.9. The predicted molar refractivity (Wildman–Crippen MR) is 114 cm³/mol. The van der Waals surface area contributed by atoms with Crippen LogP contribution in [0.3, 0.4) is 0 Å². The van der Waals surface area contributed by atoms with Gasteiger partial charge < -0.3 is 19.8 Å². The summed E-state index contributed by atoms with van der Waals surface area (Å²) in [5.41, 5.74) is 3.62. The predicted octanol–water partition coefficient (Wildman–Crippen LogP) is 3.15. The highest BCUT2D eigenvalue weighted by molar-refractivity contribution is 6.03. The zero-order chi connectivity index (χ0) is 21.4. The summed E-state index contributed by atoms with van der Waals surface area (Å²) in [6.07, 6.45) is 1.87. The van der Waals surface area contributed by atoms with Crippen LogP contribution < -0.4 is 10.1 Å². The molecular weight excluding hydrogens is 396 g/mol. The molecule has 0 unspecified atom stereocenters. The highest BCUT2D eigenvalue weighted by Crippen LogP contribution is 2.41. The standard InChI is InChI=1S/C22H20N6O3/c1-3-31-21(29)18-19(13-7-5-4-6-8-13)24-22-25-26-27-28(22)20(18)16-12-23-17-10-9-14(30-2)11-15(16)17/h4-12,20,23H,3H2,1-2H3,(H,24,25,27)/t20-/m1/s1. The number of anilines is 1. The summed E-state index contributed by atoms with van der Waals surface area (Å²) in [6.45, 7) is 2.03. The normalized spacial score (nSPS) is 15.5. The van der Waals surface area contributed by atoms with E-state index in [1.54, 1.807) is 18.7 Å². The Morgan fingerprint density at radius 2 is 2.03 bits per heavy atom. The smallest absolute Gasteiger partial charge is 0.338 e. The van der Waals surface area contributed by atoms with Gasteiger partial charge in [0.15, 0.2) is 0 Å². The van der Waals surface area contributed by atoms with Crippen LogP contribution in [-0.4, -0.2) is 44.9 Å². The van der Waals surface area contributed by atoms with Crippen LogP contribution in [0.15, 0.2) is 60.3 Å². The lowest BCUT2D eigenvalue weighted by atomic mass is 9.92. The molecule has 0 saturated carbocycles. The van der Waals surface area contributed by atoms with Crippen LogP contribution in [0.5, 0.6) is 5.75 Å². The van der Waals surface area contributed by atoms with Gasteiger partial charge in [-0.3, -0.25) is 0 Å². The molecule has 2 aromatic heterocycles. The van der Waals surface area contributed by atoms with Crippen molar-refractivity contribution in [3.63, 3.8) is 0 Å². The fourth-order valence-electron chi connectivity index (χ4n) is 3.90. The van der Waals surface area contributed by atoms with Gasteiger partial charge in [-0.2, -0.15) is 4.68 Å². The summed E-state index contributed by atoms with van der Waals surface area (Å²) in [4.78, 5) is 16.5. The van der Waals surface area contributed by atoms with E-state index in [1.807, 2.05) is 54.7 Å². The molecule has 0 bridgehead atoms. The number of benzene rings is 2. The molecule has 2 aromatic carbocycles. The molecule has 156 valence electrons. The summed E-state index contributed by atoms with van der Waals surface area (Å²) >= 11 is 0. The third-order valence-electron chi connectivity index (χ3n) is 5.29. The summed E-state index contributed by atoms with van der Waals surface area (Å²) in [5, 5.41) is 16.2. The van der Waals surface area contributed by atoms with Crippen LogP contribution in [0, 0.1) is 0 Å². The maximum Gasteiger partial charge on any atom is 0.338 e. The van der Waals surface area contributed by atoms with E-state index in [9.17, 15) is 4.79 Å². The zero-order valence-electron chi connectivity index (χ0n) is 17.0. The Kier molecular flexibility index (Phi) is 4.62. The Balaban J connectivity index is 1.79. The second kappa shape index (κ2) is 7.60. The summed E-state index contributed by atoms with van der Waals surface area (Å²) in [7, 11) is 1.62. The topological polar surface area (TPSA) is 107 Å². The number of rotatable bonds is 5. The van der Waals surface area contributed by atoms with Gasteiger partial charge >= 0.3 is 5.97 Å². The number of esters is 1. The molecule has 9 nitrogen and oxygen atoms in total. The van der Waals surface area contributed by atoms with Crippen LogP contribution in [0.4, 0.5) is 5.95 Å². The molecule has 0 radical (unpaired) electrons. The number of nitrogens with one attached hydrogen (secondary N) is 2. The van der Waals surface area contributed by atoms with Gasteiger partial charge in [-0.1, -0.05) is 35.4 Å². The van der Waals surface area contributed by atoms with Crippen LogP contribution >= 0.6 is 0 Å². The van der Waals surface area contributed by atoms with E-state index in [0.717, 1.165) is 22.0 Å². The van der Waals surface area contributed by atoms with Crippen LogP contribution in [0.25, 0.3) is 16.6 Å². The van der Waals surface area contributed by atoms with Crippen molar-refractivity contribution in [3.05, 3.63) is 71.4 Å². The third kappa shape index (κ3) is 3.10. The molecule has 0 aliphatic carbocycles. The van der Waals surface area contributed by atoms with Gasteiger partial charge in [-0.25, -0.2) is 4.79 Å². The Bertz CT molecular complexity index is 1290. The number of ether oxygens (including phenoxy) is 2. The molecule has 0 spiro atoms. The molecule has 5 rings (SSSR count). The Morgan fingerprint density at radius 1 is 1.19 bits per heavy atom. The summed E-state index contributed by atoms with van der Waals surface area (Å²) in [5.74, 6) is 0.718. The van der Waals surface area contributed by atoms with E-state index >= 15 is 0 Å². The van der Waals surface area contributed by atoms with Crippen molar-refractivity contribution in [1.29, 1.82) is 0 Å². The Labute approximate surface area is 177 Å². The van der Waals surface area contributed by atoms with Gasteiger partial charge in [0.25, 0.3) is 0 Å². The van der Waals surface area contributed by atoms with E-state index in [0.29, 0.717) is 23.0 Å². The number of methoxy groups -OCH3 is 1. The molecule has 1 aliphatic heterocycles. The minimum Gasteiger partial charge on any atom is -0.497 e. The van der Waals surface area contributed by atoms with E-state index < -0.39 is 12.0 Å². The highest BCUT2D eigenvalue weighted by atomic mass is 16.5. The summed E-state index contributed by atoms with van der Waals surface area (Å²) in [6, 6.07) is 14.7. The minimum absolute atomic E-state index is 0.251. The fraction of sp³-hybridized carbons (Fsp3) is 0.182. The molecule has 3 heterocycles. The first-order chi connectivity index (χ1) is 15.2. The van der Waals surface area contributed by atoms with E-state index in [2.05, 4.69) is 25.8 Å². The molecule has 1 aliphatic rings. The molecule has 1 atom stereocenters. The number of fused-ring (bicyclic) bond motifs is 2. The molecule has 31 heavy (non-hydrogen) atoms. The number of hydrogen-bond donors (Lipinski definition) is 2. The second-order valence-corrected chi connectivity index (χ2v) is 7.01. The monoisotopic (exact) mass is 416 g/mol. The average Bonchev–Trinajstić information content (AvgIpc) is 3.45. The van der Waals surface area contributed by atoms with Crippen molar-refractivity contribution in [2.75, 3.05) is 19.0 Å². The molecule has 0 amide bonds. The van der Waals surface area contributed by atoms with E-state index in [-0.39, 0.29) is 6.61 Å². The number of tetrazole rings is 1. The Morgan fingerprint density at radius 3 is 2.81 bits per heavy atom. The SMILES string of the molecule is CCOC(=O)C1=C(c2ccccc2)Nc2nnnn2[C@@H]1c1c[nH]c2ccc(OC)cc12. The van der Waals surface area contributed by atoms with Crippen molar-refractivity contribution in [2.24, 2.45) is 0 Å². The number of nitrogens with zero attached hydrogens (tertiary/aromatic N) is 4. The zero-order valence-corrected chi connectivity index (χ0v) is 17.0. The number of H-pyrrole nitrogens is 1.